The predicted molar refractivity (Wildman–Crippen MR) is 149 cm³/mol. The van der Waals surface area contributed by atoms with Crippen LogP contribution in [-0.4, -0.2) is 62.3 Å². The molecular formula is C28H33N9O3. The molecule has 0 saturated carbocycles. The Kier molecular flexibility index (Phi) is 9.06. The molecule has 0 bridgehead atoms. The Morgan fingerprint density at radius 1 is 1.12 bits per heavy atom. The highest BCUT2D eigenvalue weighted by atomic mass is 16.6. The number of nitriles is 1. The lowest BCUT2D eigenvalue weighted by molar-refractivity contribution is 0.0172. The van der Waals surface area contributed by atoms with E-state index in [4.69, 9.17) is 10.00 Å². The van der Waals surface area contributed by atoms with Crippen molar-refractivity contribution in [2.45, 2.75) is 45.8 Å². The van der Waals surface area contributed by atoms with E-state index < -0.39 is 5.60 Å². The lowest BCUT2D eigenvalue weighted by Crippen LogP contribution is -2.44. The smallest absolute Gasteiger partial charge is 0.410 e. The van der Waals surface area contributed by atoms with Crippen LogP contribution in [0.2, 0.25) is 0 Å². The van der Waals surface area contributed by atoms with Crippen LogP contribution in [0.25, 0.3) is 0 Å². The number of hydrogen-bond donors (Lipinski definition) is 3. The van der Waals surface area contributed by atoms with E-state index in [0.29, 0.717) is 43.5 Å². The topological polar surface area (TPSA) is 158 Å². The largest absolute Gasteiger partial charge is 0.444 e. The number of anilines is 3. The van der Waals surface area contributed by atoms with Gasteiger partial charge in [-0.1, -0.05) is 30.3 Å². The number of benzene rings is 1. The molecule has 1 aliphatic heterocycles. The lowest BCUT2D eigenvalue weighted by atomic mass is 9.98. The van der Waals surface area contributed by atoms with Crippen molar-refractivity contribution in [3.05, 3.63) is 65.7 Å². The minimum atomic E-state index is -0.560. The van der Waals surface area contributed by atoms with Crippen LogP contribution in [0.4, 0.5) is 22.1 Å². The van der Waals surface area contributed by atoms with Crippen LogP contribution in [0, 0.1) is 17.2 Å². The predicted octanol–water partition coefficient (Wildman–Crippen LogP) is 3.87. The SMILES string of the molecule is CC(C)(C)OC(=O)N1CCCC(CNc2cc(Nc3cnc(C#N)cn3)nnc2C(=O)NCc2ccccc2)C1. The molecule has 1 unspecified atom stereocenters. The summed E-state index contributed by atoms with van der Waals surface area (Å²) in [6.07, 6.45) is 4.22. The molecule has 3 N–H and O–H groups in total. The molecule has 208 valence electrons. The Morgan fingerprint density at radius 3 is 2.62 bits per heavy atom. The van der Waals surface area contributed by atoms with Gasteiger partial charge in [0, 0.05) is 32.2 Å². The van der Waals surface area contributed by atoms with Crippen molar-refractivity contribution in [3.8, 4) is 6.07 Å². The number of carbonyl (C=O) groups excluding carboxylic acids is 2. The zero-order valence-corrected chi connectivity index (χ0v) is 22.8. The molecule has 1 aromatic carbocycles. The fourth-order valence-corrected chi connectivity index (χ4v) is 4.18. The molecule has 1 atom stereocenters. The quantitative estimate of drug-likeness (QED) is 0.381. The Hall–Kier alpha value is -4.79. The van der Waals surface area contributed by atoms with Gasteiger partial charge in [-0.05, 0) is 45.1 Å². The first-order valence-corrected chi connectivity index (χ1v) is 13.1. The van der Waals surface area contributed by atoms with E-state index in [1.54, 1.807) is 11.0 Å². The van der Waals surface area contributed by atoms with Crippen molar-refractivity contribution in [2.75, 3.05) is 30.3 Å². The molecule has 3 heterocycles. The molecule has 3 aromatic rings. The van der Waals surface area contributed by atoms with E-state index >= 15 is 0 Å². The second kappa shape index (κ2) is 12.8. The summed E-state index contributed by atoms with van der Waals surface area (Å²) in [4.78, 5) is 35.6. The van der Waals surface area contributed by atoms with Gasteiger partial charge in [-0.25, -0.2) is 14.8 Å². The average Bonchev–Trinajstić information content (AvgIpc) is 2.95. The Bertz CT molecular complexity index is 1350. The fourth-order valence-electron chi connectivity index (χ4n) is 4.18. The molecule has 0 radical (unpaired) electrons. The molecule has 0 spiro atoms. The summed E-state index contributed by atoms with van der Waals surface area (Å²) >= 11 is 0. The molecule has 1 aliphatic rings. The molecular weight excluding hydrogens is 510 g/mol. The molecule has 2 aromatic heterocycles. The van der Waals surface area contributed by atoms with Crippen LogP contribution in [0.15, 0.2) is 48.8 Å². The van der Waals surface area contributed by atoms with E-state index in [0.717, 1.165) is 18.4 Å². The normalized spacial score (nSPS) is 15.1. The maximum Gasteiger partial charge on any atom is 0.410 e. The summed E-state index contributed by atoms with van der Waals surface area (Å²) in [6.45, 7) is 7.60. The van der Waals surface area contributed by atoms with E-state index in [9.17, 15) is 9.59 Å². The van der Waals surface area contributed by atoms with E-state index in [2.05, 4.69) is 36.1 Å². The number of ether oxygens (including phenoxy) is 1. The first kappa shape index (κ1) is 28.2. The first-order chi connectivity index (χ1) is 19.2. The summed E-state index contributed by atoms with van der Waals surface area (Å²) in [5, 5.41) is 26.5. The van der Waals surface area contributed by atoms with Crippen LogP contribution < -0.4 is 16.0 Å². The Morgan fingerprint density at radius 2 is 1.93 bits per heavy atom. The molecule has 2 amide bonds. The highest BCUT2D eigenvalue weighted by Crippen LogP contribution is 2.23. The van der Waals surface area contributed by atoms with Gasteiger partial charge in [-0.2, -0.15) is 5.26 Å². The summed E-state index contributed by atoms with van der Waals surface area (Å²) in [5.74, 6) is 0.499. The van der Waals surface area contributed by atoms with Gasteiger partial charge in [0.2, 0.25) is 0 Å². The van der Waals surface area contributed by atoms with Crippen molar-refractivity contribution < 1.29 is 14.3 Å². The minimum Gasteiger partial charge on any atom is -0.444 e. The number of nitrogens with one attached hydrogen (secondary N) is 3. The number of rotatable bonds is 8. The number of amides is 2. The van der Waals surface area contributed by atoms with Crippen LogP contribution >= 0.6 is 0 Å². The molecule has 12 heteroatoms. The molecule has 4 rings (SSSR count). The monoisotopic (exact) mass is 543 g/mol. The summed E-state index contributed by atoms with van der Waals surface area (Å²) < 4.78 is 5.55. The van der Waals surface area contributed by atoms with Gasteiger partial charge in [0.25, 0.3) is 5.91 Å². The van der Waals surface area contributed by atoms with Gasteiger partial charge in [0.1, 0.15) is 17.5 Å². The summed E-state index contributed by atoms with van der Waals surface area (Å²) in [7, 11) is 0. The second-order valence-electron chi connectivity index (χ2n) is 10.5. The minimum absolute atomic E-state index is 0.146. The number of carbonyl (C=O) groups is 2. The highest BCUT2D eigenvalue weighted by molar-refractivity contribution is 5.97. The van der Waals surface area contributed by atoms with Crippen molar-refractivity contribution in [1.82, 2.24) is 30.4 Å². The Labute approximate surface area is 233 Å². The third-order valence-corrected chi connectivity index (χ3v) is 6.08. The van der Waals surface area contributed by atoms with Gasteiger partial charge >= 0.3 is 6.09 Å². The van der Waals surface area contributed by atoms with E-state index in [-0.39, 0.29) is 29.3 Å². The number of likely N-dealkylation sites (tertiary alicyclic amines) is 1. The second-order valence-corrected chi connectivity index (χ2v) is 10.5. The van der Waals surface area contributed by atoms with Crippen molar-refractivity contribution in [1.29, 1.82) is 5.26 Å². The molecule has 1 fully saturated rings. The van der Waals surface area contributed by atoms with Crippen LogP contribution in [0.3, 0.4) is 0 Å². The van der Waals surface area contributed by atoms with E-state index in [1.807, 2.05) is 57.2 Å². The number of nitrogens with zero attached hydrogens (tertiary/aromatic N) is 6. The van der Waals surface area contributed by atoms with Crippen molar-refractivity contribution in [3.63, 3.8) is 0 Å². The standard InChI is InChI=1S/C28H33N9O3/c1-28(2,3)40-27(39)37-11-7-10-20(18-37)15-31-22-12-23(34-24-17-30-21(13-29)16-32-24)35-36-25(22)26(38)33-14-19-8-5-4-6-9-19/h4-6,8-9,12,16-17,20H,7,10-11,14-15,18H2,1-3H3,(H,33,38)(H2,31,32,34,35). The maximum atomic E-state index is 13.1. The zero-order valence-electron chi connectivity index (χ0n) is 22.8. The Balaban J connectivity index is 1.48. The number of hydrogen-bond acceptors (Lipinski definition) is 10. The van der Waals surface area contributed by atoms with Crippen LogP contribution in [-0.2, 0) is 11.3 Å². The van der Waals surface area contributed by atoms with Crippen molar-refractivity contribution >= 4 is 29.3 Å². The molecule has 1 saturated heterocycles. The molecule has 0 aliphatic carbocycles. The van der Waals surface area contributed by atoms with Gasteiger partial charge in [0.15, 0.2) is 17.2 Å². The number of piperidine rings is 1. The van der Waals surface area contributed by atoms with Gasteiger partial charge in [0.05, 0.1) is 18.1 Å². The van der Waals surface area contributed by atoms with Gasteiger partial charge in [-0.15, -0.1) is 10.2 Å². The highest BCUT2D eigenvalue weighted by Gasteiger charge is 2.28. The third kappa shape index (κ3) is 8.10. The first-order valence-electron chi connectivity index (χ1n) is 13.1. The lowest BCUT2D eigenvalue weighted by Gasteiger charge is -2.34. The molecule has 12 nitrogen and oxygen atoms in total. The fraction of sp³-hybridized carbons (Fsp3) is 0.393. The third-order valence-electron chi connectivity index (χ3n) is 6.08. The zero-order chi connectivity index (χ0) is 28.5. The summed E-state index contributed by atoms with van der Waals surface area (Å²) in [5.41, 5.74) is 1.22. The van der Waals surface area contributed by atoms with Crippen LogP contribution in [0.1, 0.15) is 55.4 Å². The van der Waals surface area contributed by atoms with Crippen LogP contribution in [0.5, 0.6) is 0 Å². The van der Waals surface area contributed by atoms with Crippen molar-refractivity contribution in [2.24, 2.45) is 5.92 Å². The van der Waals surface area contributed by atoms with E-state index in [1.165, 1.54) is 12.4 Å². The van der Waals surface area contributed by atoms with Gasteiger partial charge < -0.3 is 25.6 Å². The maximum absolute atomic E-state index is 13.1. The molecule has 40 heavy (non-hydrogen) atoms. The van der Waals surface area contributed by atoms with Gasteiger partial charge in [-0.3, -0.25) is 4.79 Å². The number of aromatic nitrogens is 4. The average molecular weight is 544 g/mol. The summed E-state index contributed by atoms with van der Waals surface area (Å²) in [6, 6.07) is 13.2.